The van der Waals surface area contributed by atoms with E-state index in [4.69, 9.17) is 21.3 Å². The van der Waals surface area contributed by atoms with Gasteiger partial charge in [-0.3, -0.25) is 0 Å². The van der Waals surface area contributed by atoms with E-state index in [-0.39, 0.29) is 9.96 Å². The Bertz CT molecular complexity index is 1430. The molecular weight excluding hydrogens is 611 g/mol. The zero-order valence-corrected chi connectivity index (χ0v) is 23.4. The molecule has 2 aliphatic rings. The van der Waals surface area contributed by atoms with Crippen molar-refractivity contribution >= 4 is 53.9 Å². The van der Waals surface area contributed by atoms with Gasteiger partial charge in [-0.2, -0.15) is 0 Å². The van der Waals surface area contributed by atoms with Gasteiger partial charge in [-0.25, -0.2) is 0 Å². The van der Waals surface area contributed by atoms with Crippen LogP contribution in [0.4, 0.5) is 0 Å². The van der Waals surface area contributed by atoms with Crippen LogP contribution in [0.3, 0.4) is 0 Å². The van der Waals surface area contributed by atoms with Crippen molar-refractivity contribution in [1.82, 2.24) is 9.97 Å². The van der Waals surface area contributed by atoms with E-state index in [1.54, 1.807) is 12.3 Å². The fourth-order valence-corrected chi connectivity index (χ4v) is 13.1. The Hall–Kier alpha value is -2.02. The number of pyridine rings is 2. The molecular formula is C26H19AsBrClN2O3S. The van der Waals surface area contributed by atoms with E-state index in [2.05, 4.69) is 20.9 Å². The SMILES string of the molecule is O=[AsH]1C(Sc2ccccn2)C(c2ccccc2)C2Oc3cc(Cl)c(-c4ccc(Br)cc4)nc3C21O. The molecule has 1 N–H and O–H groups in total. The van der Waals surface area contributed by atoms with Gasteiger partial charge in [-0.05, 0) is 0 Å². The molecule has 5 unspecified atom stereocenters. The number of benzene rings is 2. The molecule has 1 fully saturated rings. The second-order valence-electron chi connectivity index (χ2n) is 8.48. The van der Waals surface area contributed by atoms with Crippen molar-refractivity contribution in [3.05, 3.63) is 106 Å². The summed E-state index contributed by atoms with van der Waals surface area (Å²) >= 11 is 7.97. The van der Waals surface area contributed by atoms with Crippen molar-refractivity contribution in [2.24, 2.45) is 0 Å². The Morgan fingerprint density at radius 1 is 1.06 bits per heavy atom. The molecule has 1 saturated heterocycles. The number of nitrogens with zero attached hydrogens (tertiary/aromatic N) is 2. The molecule has 0 radical (unpaired) electrons. The number of thioether (sulfide) groups is 1. The summed E-state index contributed by atoms with van der Waals surface area (Å²) in [7, 11) is 0. The minimum absolute atomic E-state index is 0.301. The van der Waals surface area contributed by atoms with Gasteiger partial charge in [0.1, 0.15) is 0 Å². The van der Waals surface area contributed by atoms with E-state index in [0.29, 0.717) is 22.2 Å². The first-order valence-corrected chi connectivity index (χ1v) is 16.2. The Morgan fingerprint density at radius 3 is 2.51 bits per heavy atom. The van der Waals surface area contributed by atoms with Gasteiger partial charge in [-0.15, -0.1) is 0 Å². The van der Waals surface area contributed by atoms with E-state index in [9.17, 15) is 8.85 Å². The Morgan fingerprint density at radius 2 is 1.80 bits per heavy atom. The molecule has 5 atom stereocenters. The van der Waals surface area contributed by atoms with Crippen molar-refractivity contribution in [1.29, 1.82) is 0 Å². The molecule has 176 valence electrons. The van der Waals surface area contributed by atoms with Crippen molar-refractivity contribution in [3.8, 4) is 17.0 Å². The number of ether oxygens (including phenoxy) is 1. The summed E-state index contributed by atoms with van der Waals surface area (Å²) in [6, 6.07) is 24.8. The fraction of sp³-hybridized carbons (Fsp3) is 0.154. The second kappa shape index (κ2) is 9.13. The second-order valence-corrected chi connectivity index (χ2v) is 16.3. The maximum absolute atomic E-state index is 14.2. The molecule has 0 spiro atoms. The number of hydrogen-bond donors (Lipinski definition) is 1. The van der Waals surface area contributed by atoms with Crippen molar-refractivity contribution in [2.45, 2.75) is 25.5 Å². The molecule has 0 saturated carbocycles. The van der Waals surface area contributed by atoms with Gasteiger partial charge in [0, 0.05) is 0 Å². The summed E-state index contributed by atoms with van der Waals surface area (Å²) in [5.74, 6) is 0.0937. The molecule has 2 aromatic carbocycles. The zero-order chi connectivity index (χ0) is 24.2. The first-order chi connectivity index (χ1) is 17.0. The Kier molecular flexibility index (Phi) is 6.10. The summed E-state index contributed by atoms with van der Waals surface area (Å²) in [5.41, 5.74) is 2.62. The normalized spacial score (nSPS) is 26.7. The molecule has 2 aliphatic heterocycles. The van der Waals surface area contributed by atoms with Crippen molar-refractivity contribution < 1.29 is 13.6 Å². The summed E-state index contributed by atoms with van der Waals surface area (Å²) in [6.45, 7) is 0. The number of rotatable bonds is 4. The molecule has 5 nitrogen and oxygen atoms in total. The van der Waals surface area contributed by atoms with Crippen LogP contribution < -0.4 is 4.74 Å². The van der Waals surface area contributed by atoms with E-state index in [1.165, 1.54) is 11.8 Å². The average molecular weight is 630 g/mol. The number of fused-ring (bicyclic) bond motifs is 3. The number of hydrogen-bond acceptors (Lipinski definition) is 6. The maximum atomic E-state index is 14.2. The van der Waals surface area contributed by atoms with Crippen molar-refractivity contribution in [3.63, 3.8) is 0 Å². The zero-order valence-electron chi connectivity index (χ0n) is 18.1. The molecule has 4 aromatic rings. The predicted octanol–water partition coefficient (Wildman–Crippen LogP) is 5.70. The van der Waals surface area contributed by atoms with Gasteiger partial charge in [-0.1, -0.05) is 0 Å². The van der Waals surface area contributed by atoms with Crippen LogP contribution in [0.25, 0.3) is 11.3 Å². The van der Waals surface area contributed by atoms with Crippen LogP contribution in [0.5, 0.6) is 5.75 Å². The summed E-state index contributed by atoms with van der Waals surface area (Å²) in [6.07, 6.45) is 0.992. The summed E-state index contributed by atoms with van der Waals surface area (Å²) < 4.78 is 19.5. The average Bonchev–Trinajstić information content (AvgIpc) is 3.27. The third kappa shape index (κ3) is 3.89. The fourth-order valence-electron chi connectivity index (χ4n) is 4.83. The van der Waals surface area contributed by atoms with E-state index in [0.717, 1.165) is 20.6 Å². The van der Waals surface area contributed by atoms with Gasteiger partial charge >= 0.3 is 226 Å². The summed E-state index contributed by atoms with van der Waals surface area (Å²) in [5, 5.41) is 13.3. The topological polar surface area (TPSA) is 72.3 Å². The number of aromatic nitrogens is 2. The molecule has 35 heavy (non-hydrogen) atoms. The standard InChI is InChI=1S/C26H19AsBrClN2O3S/c28-17-11-9-16(10-12-17)22-18(29)14-19-23(31-22)26(32)24(34-19)21(15-6-2-1-3-7-15)25(27(26)33)35-20-8-4-5-13-30-20/h1-14,21,24-25,27,32H. The molecule has 2 aromatic heterocycles. The molecule has 0 aliphatic carbocycles. The number of halogens is 2. The van der Waals surface area contributed by atoms with E-state index >= 15 is 0 Å². The van der Waals surface area contributed by atoms with Gasteiger partial charge in [0.05, 0.1) is 0 Å². The van der Waals surface area contributed by atoms with Crippen LogP contribution in [0, 0.1) is 0 Å². The molecule has 9 heteroatoms. The third-order valence-electron chi connectivity index (χ3n) is 6.44. The van der Waals surface area contributed by atoms with Crippen LogP contribution in [0.2, 0.25) is 5.02 Å². The minimum atomic E-state index is -3.53. The van der Waals surface area contributed by atoms with Crippen LogP contribution in [-0.2, 0) is 8.13 Å². The molecule has 4 heterocycles. The van der Waals surface area contributed by atoms with Crippen LogP contribution in [-0.4, -0.2) is 39.8 Å². The van der Waals surface area contributed by atoms with E-state index < -0.39 is 25.1 Å². The van der Waals surface area contributed by atoms with Crippen LogP contribution in [0.1, 0.15) is 17.2 Å². The molecule has 0 bridgehead atoms. The Balaban J connectivity index is 1.48. The van der Waals surface area contributed by atoms with Gasteiger partial charge in [0.25, 0.3) is 0 Å². The van der Waals surface area contributed by atoms with Gasteiger partial charge in [0.2, 0.25) is 0 Å². The van der Waals surface area contributed by atoms with Crippen molar-refractivity contribution in [2.75, 3.05) is 0 Å². The third-order valence-corrected chi connectivity index (χ3v) is 14.7. The van der Waals surface area contributed by atoms with E-state index in [1.807, 2.05) is 72.8 Å². The van der Waals surface area contributed by atoms with Crippen LogP contribution >= 0.6 is 39.3 Å². The number of aliphatic hydroxyl groups is 1. The monoisotopic (exact) mass is 628 g/mol. The molecule has 6 rings (SSSR count). The Labute approximate surface area is 224 Å². The summed E-state index contributed by atoms with van der Waals surface area (Å²) in [4.78, 5) is 9.21. The van der Waals surface area contributed by atoms with Crippen LogP contribution in [0.15, 0.2) is 94.6 Å². The van der Waals surface area contributed by atoms with Gasteiger partial charge < -0.3 is 0 Å². The predicted molar refractivity (Wildman–Crippen MR) is 142 cm³/mol. The quantitative estimate of drug-likeness (QED) is 0.292. The molecule has 0 amide bonds. The van der Waals surface area contributed by atoms with Gasteiger partial charge in [0.15, 0.2) is 0 Å². The first kappa shape index (κ1) is 23.4. The first-order valence-electron chi connectivity index (χ1n) is 11.0.